The van der Waals surface area contributed by atoms with Crippen molar-refractivity contribution in [3.05, 3.63) is 81.6 Å². The summed E-state index contributed by atoms with van der Waals surface area (Å²) in [5.41, 5.74) is 2.92. The maximum atomic E-state index is 12.3. The summed E-state index contributed by atoms with van der Waals surface area (Å²) >= 11 is 6.06. The summed E-state index contributed by atoms with van der Waals surface area (Å²) in [5.74, 6) is -1.88. The van der Waals surface area contributed by atoms with Crippen molar-refractivity contribution in [2.75, 3.05) is 6.61 Å². The number of ether oxygens (including phenoxy) is 1. The molecule has 0 aliphatic carbocycles. The van der Waals surface area contributed by atoms with Gasteiger partial charge < -0.3 is 14.5 Å². The number of carbonyl (C=O) groups excluding carboxylic acids is 2. The van der Waals surface area contributed by atoms with Gasteiger partial charge >= 0.3 is 11.7 Å². The number of hydrogen-bond acceptors (Lipinski definition) is 5. The zero-order chi connectivity index (χ0) is 21.5. The number of aromatic amines is 1. The van der Waals surface area contributed by atoms with Crippen LogP contribution in [-0.4, -0.2) is 29.5 Å². The Morgan fingerprint density at radius 3 is 2.57 bits per heavy atom. The van der Waals surface area contributed by atoms with Crippen molar-refractivity contribution in [2.45, 2.75) is 25.8 Å². The van der Waals surface area contributed by atoms with Gasteiger partial charge in [0.15, 0.2) is 0 Å². The van der Waals surface area contributed by atoms with E-state index in [4.69, 9.17) is 20.8 Å². The first-order valence-electron chi connectivity index (χ1n) is 9.44. The Morgan fingerprint density at radius 2 is 1.93 bits per heavy atom. The van der Waals surface area contributed by atoms with Gasteiger partial charge in [-0.2, -0.15) is 0 Å². The Bertz CT molecular complexity index is 1070. The Morgan fingerprint density at radius 1 is 1.17 bits per heavy atom. The van der Waals surface area contributed by atoms with Crippen molar-refractivity contribution < 1.29 is 18.7 Å². The molecule has 8 heteroatoms. The van der Waals surface area contributed by atoms with Crippen molar-refractivity contribution in [2.24, 2.45) is 0 Å². The quantitative estimate of drug-likeness (QED) is 0.534. The number of rotatable bonds is 8. The lowest BCUT2D eigenvalue weighted by molar-refractivity contribution is -0.143. The third-order valence-corrected chi connectivity index (χ3v) is 4.63. The third kappa shape index (κ3) is 5.84. The average Bonchev–Trinajstić information content (AvgIpc) is 3.15. The number of carbonyl (C=O) groups is 2. The summed E-state index contributed by atoms with van der Waals surface area (Å²) in [6, 6.07) is 14.8. The molecule has 0 fully saturated rings. The molecule has 1 amide bonds. The summed E-state index contributed by atoms with van der Waals surface area (Å²) < 4.78 is 9.78. The van der Waals surface area contributed by atoms with Gasteiger partial charge in [-0.05, 0) is 42.2 Å². The fraction of sp³-hybridized carbons (Fsp3) is 0.227. The van der Waals surface area contributed by atoms with E-state index in [9.17, 15) is 14.4 Å². The highest BCUT2D eigenvalue weighted by Gasteiger charge is 2.20. The molecule has 3 aromatic rings. The van der Waals surface area contributed by atoms with E-state index in [0.29, 0.717) is 11.4 Å². The zero-order valence-electron chi connectivity index (χ0n) is 16.3. The predicted molar refractivity (Wildman–Crippen MR) is 112 cm³/mol. The van der Waals surface area contributed by atoms with Gasteiger partial charge in [0, 0.05) is 11.1 Å². The normalized spacial score (nSPS) is 11.7. The minimum atomic E-state index is -0.723. The maximum absolute atomic E-state index is 12.3. The number of H-pyrrole nitrogens is 1. The number of nitrogens with one attached hydrogen (secondary N) is 2. The molecule has 3 rings (SSSR count). The lowest BCUT2D eigenvalue weighted by Gasteiger charge is -2.17. The highest BCUT2D eigenvalue weighted by molar-refractivity contribution is 6.30. The van der Waals surface area contributed by atoms with Crippen molar-refractivity contribution in [1.29, 1.82) is 0 Å². The molecule has 156 valence electrons. The molecule has 1 atom stereocenters. The van der Waals surface area contributed by atoms with E-state index in [-0.39, 0.29) is 18.8 Å². The largest absolute Gasteiger partial charge is 0.466 e. The minimum Gasteiger partial charge on any atom is -0.466 e. The SMILES string of the molecule is CCOC(=O)C[C@@H](Cc1ccc(-c2cccc(Cl)c2)cc1)NC(=O)c1c[nH]c(=O)o1. The van der Waals surface area contributed by atoms with Crippen LogP contribution in [0.3, 0.4) is 0 Å². The summed E-state index contributed by atoms with van der Waals surface area (Å²) in [7, 11) is 0. The highest BCUT2D eigenvalue weighted by Crippen LogP contribution is 2.23. The number of esters is 1. The van der Waals surface area contributed by atoms with E-state index in [2.05, 4.69) is 10.3 Å². The van der Waals surface area contributed by atoms with E-state index < -0.39 is 23.7 Å². The van der Waals surface area contributed by atoms with E-state index in [1.54, 1.807) is 6.92 Å². The monoisotopic (exact) mass is 428 g/mol. The van der Waals surface area contributed by atoms with Crippen molar-refractivity contribution in [3.63, 3.8) is 0 Å². The van der Waals surface area contributed by atoms with Gasteiger partial charge in [-0.3, -0.25) is 14.6 Å². The lowest BCUT2D eigenvalue weighted by atomic mass is 9.99. The average molecular weight is 429 g/mol. The molecule has 2 aromatic carbocycles. The summed E-state index contributed by atoms with van der Waals surface area (Å²) in [5, 5.41) is 3.39. The molecule has 0 spiro atoms. The summed E-state index contributed by atoms with van der Waals surface area (Å²) in [6.07, 6.45) is 1.57. The van der Waals surface area contributed by atoms with Gasteiger partial charge in [0.2, 0.25) is 5.76 Å². The van der Waals surface area contributed by atoms with Crippen LogP contribution in [0.5, 0.6) is 0 Å². The Balaban J connectivity index is 1.73. The second kappa shape index (κ2) is 9.93. The number of halogens is 1. The molecule has 0 radical (unpaired) electrons. The van der Waals surface area contributed by atoms with Crippen LogP contribution in [0.15, 0.2) is 63.9 Å². The van der Waals surface area contributed by atoms with Crippen LogP contribution in [-0.2, 0) is 16.0 Å². The molecule has 1 aromatic heterocycles. The first-order chi connectivity index (χ1) is 14.4. The Labute approximate surface area is 178 Å². The third-order valence-electron chi connectivity index (χ3n) is 4.40. The van der Waals surface area contributed by atoms with Gasteiger partial charge in [-0.1, -0.05) is 48.0 Å². The molecular formula is C22H21ClN2O5. The van der Waals surface area contributed by atoms with Crippen molar-refractivity contribution >= 4 is 23.5 Å². The summed E-state index contributed by atoms with van der Waals surface area (Å²) in [4.78, 5) is 37.7. The van der Waals surface area contributed by atoms with Gasteiger partial charge in [-0.25, -0.2) is 4.79 Å². The van der Waals surface area contributed by atoms with Gasteiger partial charge in [-0.15, -0.1) is 0 Å². The van der Waals surface area contributed by atoms with Crippen LogP contribution in [0.4, 0.5) is 0 Å². The molecule has 0 bridgehead atoms. The highest BCUT2D eigenvalue weighted by atomic mass is 35.5. The Hall–Kier alpha value is -3.32. The molecule has 0 unspecified atom stereocenters. The molecule has 0 saturated carbocycles. The standard InChI is InChI=1S/C22H21ClN2O5/c1-2-29-20(26)12-18(25-21(27)19-13-24-22(28)30-19)10-14-6-8-15(9-7-14)16-4-3-5-17(23)11-16/h3-9,11,13,18H,2,10,12H2,1H3,(H,24,28)(H,25,27)/t18-/m1/s1. The van der Waals surface area contributed by atoms with Crippen molar-refractivity contribution in [1.82, 2.24) is 10.3 Å². The minimum absolute atomic E-state index is 0.00964. The van der Waals surface area contributed by atoms with E-state index in [1.807, 2.05) is 48.5 Å². The van der Waals surface area contributed by atoms with E-state index >= 15 is 0 Å². The zero-order valence-corrected chi connectivity index (χ0v) is 17.1. The molecule has 0 aliphatic heterocycles. The van der Waals surface area contributed by atoms with Crippen LogP contribution >= 0.6 is 11.6 Å². The number of aromatic nitrogens is 1. The van der Waals surface area contributed by atoms with Crippen LogP contribution in [0, 0.1) is 0 Å². The van der Waals surface area contributed by atoms with Crippen molar-refractivity contribution in [3.8, 4) is 11.1 Å². The van der Waals surface area contributed by atoms with Crippen LogP contribution < -0.4 is 11.1 Å². The van der Waals surface area contributed by atoms with Crippen LogP contribution in [0.25, 0.3) is 11.1 Å². The molecule has 7 nitrogen and oxygen atoms in total. The van der Waals surface area contributed by atoms with E-state index in [0.717, 1.165) is 16.7 Å². The number of hydrogen-bond donors (Lipinski definition) is 2. The van der Waals surface area contributed by atoms with Gasteiger partial charge in [0.25, 0.3) is 5.91 Å². The molecule has 1 heterocycles. The second-order valence-corrected chi connectivity index (χ2v) is 7.07. The first-order valence-corrected chi connectivity index (χ1v) is 9.82. The lowest BCUT2D eigenvalue weighted by Crippen LogP contribution is -2.38. The van der Waals surface area contributed by atoms with Gasteiger partial charge in [0.1, 0.15) is 0 Å². The topological polar surface area (TPSA) is 101 Å². The molecule has 30 heavy (non-hydrogen) atoms. The molecule has 2 N–H and O–H groups in total. The first kappa shape index (κ1) is 21.4. The molecule has 0 aliphatic rings. The molecular weight excluding hydrogens is 408 g/mol. The molecule has 0 saturated heterocycles. The van der Waals surface area contributed by atoms with E-state index in [1.165, 1.54) is 6.20 Å². The number of oxazole rings is 1. The fourth-order valence-corrected chi connectivity index (χ4v) is 3.22. The number of benzene rings is 2. The fourth-order valence-electron chi connectivity index (χ4n) is 3.03. The Kier molecular flexibility index (Phi) is 7.08. The maximum Gasteiger partial charge on any atom is 0.416 e. The predicted octanol–water partition coefficient (Wildman–Crippen LogP) is 3.58. The van der Waals surface area contributed by atoms with Gasteiger partial charge in [0.05, 0.1) is 19.2 Å². The summed E-state index contributed by atoms with van der Waals surface area (Å²) in [6.45, 7) is 1.97. The second-order valence-electron chi connectivity index (χ2n) is 6.63. The van der Waals surface area contributed by atoms with Crippen LogP contribution in [0.2, 0.25) is 5.02 Å². The smallest absolute Gasteiger partial charge is 0.416 e. The number of amides is 1. The van der Waals surface area contributed by atoms with Crippen LogP contribution in [0.1, 0.15) is 29.5 Å².